The van der Waals surface area contributed by atoms with E-state index in [9.17, 15) is 9.90 Å². The van der Waals surface area contributed by atoms with Crippen molar-refractivity contribution in [3.05, 3.63) is 0 Å². The number of aliphatic hydroxyl groups is 1. The van der Waals surface area contributed by atoms with Crippen molar-refractivity contribution < 1.29 is 9.90 Å². The highest BCUT2D eigenvalue weighted by Gasteiger charge is 2.46. The van der Waals surface area contributed by atoms with Crippen LogP contribution in [0.25, 0.3) is 0 Å². The summed E-state index contributed by atoms with van der Waals surface area (Å²) in [6.07, 6.45) is 7.55. The number of rotatable bonds is 2. The van der Waals surface area contributed by atoms with E-state index in [4.69, 9.17) is 0 Å². The molecule has 0 radical (unpaired) electrons. The molecule has 5 atom stereocenters. The van der Waals surface area contributed by atoms with Crippen LogP contribution in [0.5, 0.6) is 0 Å². The zero-order chi connectivity index (χ0) is 12.7. The topological polar surface area (TPSA) is 40.5 Å². The molecule has 3 rings (SSSR count). The highest BCUT2D eigenvalue weighted by molar-refractivity contribution is 5.82. The molecule has 3 heteroatoms. The maximum Gasteiger partial charge on any atom is 0.226 e. The molecule has 5 unspecified atom stereocenters. The third kappa shape index (κ3) is 2.18. The van der Waals surface area contributed by atoms with Crippen molar-refractivity contribution in [2.75, 3.05) is 6.54 Å². The van der Waals surface area contributed by atoms with E-state index in [1.165, 1.54) is 6.42 Å². The first-order chi connectivity index (χ1) is 8.68. The van der Waals surface area contributed by atoms with Crippen LogP contribution < -0.4 is 0 Å². The Morgan fingerprint density at radius 2 is 1.89 bits per heavy atom. The second kappa shape index (κ2) is 4.84. The lowest BCUT2D eigenvalue weighted by Crippen LogP contribution is -2.45. The van der Waals surface area contributed by atoms with Gasteiger partial charge in [0.1, 0.15) is 0 Å². The fourth-order valence-corrected chi connectivity index (χ4v) is 3.98. The second-order valence-corrected chi connectivity index (χ2v) is 6.58. The molecule has 102 valence electrons. The van der Waals surface area contributed by atoms with E-state index in [-0.39, 0.29) is 6.10 Å². The number of carbonyl (C=O) groups is 1. The lowest BCUT2D eigenvalue weighted by Gasteiger charge is -2.37. The van der Waals surface area contributed by atoms with Crippen LogP contribution in [0.1, 0.15) is 51.9 Å². The van der Waals surface area contributed by atoms with Crippen LogP contribution >= 0.6 is 0 Å². The number of amides is 1. The van der Waals surface area contributed by atoms with Crippen LogP contribution in [-0.2, 0) is 4.79 Å². The molecule has 1 aliphatic heterocycles. The fraction of sp³-hybridized carbons (Fsp3) is 0.933. The van der Waals surface area contributed by atoms with Crippen molar-refractivity contribution in [1.29, 1.82) is 0 Å². The summed E-state index contributed by atoms with van der Waals surface area (Å²) in [4.78, 5) is 14.5. The Morgan fingerprint density at radius 1 is 1.17 bits per heavy atom. The molecule has 0 aromatic rings. The second-order valence-electron chi connectivity index (χ2n) is 6.58. The Bertz CT molecular complexity index is 330. The van der Waals surface area contributed by atoms with Crippen LogP contribution in [0, 0.1) is 17.8 Å². The Kier molecular flexibility index (Phi) is 3.35. The molecule has 0 aromatic carbocycles. The van der Waals surface area contributed by atoms with Gasteiger partial charge < -0.3 is 10.0 Å². The maximum absolute atomic E-state index is 12.4. The first-order valence-corrected chi connectivity index (χ1v) is 7.67. The lowest BCUT2D eigenvalue weighted by atomic mass is 9.80. The molecule has 2 saturated carbocycles. The van der Waals surface area contributed by atoms with Gasteiger partial charge in [-0.1, -0.05) is 19.8 Å². The summed E-state index contributed by atoms with van der Waals surface area (Å²) in [7, 11) is 0. The molecular weight excluding hydrogens is 226 g/mol. The van der Waals surface area contributed by atoms with Gasteiger partial charge in [0, 0.05) is 24.4 Å². The van der Waals surface area contributed by atoms with Crippen LogP contribution in [0.4, 0.5) is 0 Å². The van der Waals surface area contributed by atoms with E-state index in [1.807, 2.05) is 0 Å². The summed E-state index contributed by atoms with van der Waals surface area (Å²) < 4.78 is 0. The molecule has 0 aromatic heterocycles. The normalized spacial score (nSPS) is 44.1. The molecule has 0 spiro atoms. The van der Waals surface area contributed by atoms with Gasteiger partial charge in [0.05, 0.1) is 6.10 Å². The van der Waals surface area contributed by atoms with Crippen molar-refractivity contribution in [2.45, 2.75) is 64.0 Å². The summed E-state index contributed by atoms with van der Waals surface area (Å²) in [6.45, 7) is 3.10. The molecule has 3 nitrogen and oxygen atoms in total. The molecule has 2 aliphatic carbocycles. The fourth-order valence-electron chi connectivity index (χ4n) is 3.98. The van der Waals surface area contributed by atoms with Crippen LogP contribution in [0.2, 0.25) is 0 Å². The van der Waals surface area contributed by atoms with E-state index in [2.05, 4.69) is 11.8 Å². The molecule has 3 aliphatic rings. The summed E-state index contributed by atoms with van der Waals surface area (Å²) >= 11 is 0. The van der Waals surface area contributed by atoms with Gasteiger partial charge in [0.25, 0.3) is 0 Å². The molecule has 3 fully saturated rings. The summed E-state index contributed by atoms with van der Waals surface area (Å²) in [6, 6.07) is 0.334. The van der Waals surface area contributed by atoms with Crippen molar-refractivity contribution >= 4 is 5.91 Å². The van der Waals surface area contributed by atoms with E-state index in [0.717, 1.165) is 45.1 Å². The van der Waals surface area contributed by atoms with Crippen LogP contribution in [0.15, 0.2) is 0 Å². The molecule has 1 saturated heterocycles. The van der Waals surface area contributed by atoms with Crippen molar-refractivity contribution in [2.24, 2.45) is 17.8 Å². The third-order valence-corrected chi connectivity index (χ3v) is 5.28. The predicted molar refractivity (Wildman–Crippen MR) is 70.0 cm³/mol. The van der Waals surface area contributed by atoms with Gasteiger partial charge in [-0.05, 0) is 38.0 Å². The number of hydrogen-bond acceptors (Lipinski definition) is 2. The van der Waals surface area contributed by atoms with Gasteiger partial charge in [0.15, 0.2) is 0 Å². The van der Waals surface area contributed by atoms with Crippen molar-refractivity contribution in [1.82, 2.24) is 4.90 Å². The minimum Gasteiger partial charge on any atom is -0.393 e. The van der Waals surface area contributed by atoms with E-state index < -0.39 is 0 Å². The predicted octanol–water partition coefficient (Wildman–Crippen LogP) is 2.18. The zero-order valence-corrected chi connectivity index (χ0v) is 11.3. The first kappa shape index (κ1) is 12.5. The Morgan fingerprint density at radius 3 is 2.56 bits per heavy atom. The average Bonchev–Trinajstić information content (AvgIpc) is 2.91. The molecule has 0 bridgehead atoms. The molecule has 1 amide bonds. The quantitative estimate of drug-likeness (QED) is 0.817. The highest BCUT2D eigenvalue weighted by Crippen LogP contribution is 2.42. The monoisotopic (exact) mass is 251 g/mol. The van der Waals surface area contributed by atoms with Gasteiger partial charge >= 0.3 is 0 Å². The van der Waals surface area contributed by atoms with Gasteiger partial charge in [-0.3, -0.25) is 4.79 Å². The summed E-state index contributed by atoms with van der Waals surface area (Å²) in [5.74, 6) is 1.61. The molecule has 1 heterocycles. The Balaban J connectivity index is 1.68. The third-order valence-electron chi connectivity index (χ3n) is 5.28. The standard InChI is InChI=1S/C15H25NO2/c1-10-9-12(10)15(18)16-8-4-6-13(16)11-5-2-3-7-14(11)17/h10-14,17H,2-9H2,1H3. The number of carbonyl (C=O) groups excluding carboxylic acids is 1. The van der Waals surface area contributed by atoms with Gasteiger partial charge in [-0.15, -0.1) is 0 Å². The zero-order valence-electron chi connectivity index (χ0n) is 11.3. The molecule has 1 N–H and O–H groups in total. The largest absolute Gasteiger partial charge is 0.393 e. The van der Waals surface area contributed by atoms with E-state index >= 15 is 0 Å². The van der Waals surface area contributed by atoms with E-state index in [0.29, 0.717) is 29.7 Å². The van der Waals surface area contributed by atoms with Crippen molar-refractivity contribution in [3.63, 3.8) is 0 Å². The number of likely N-dealkylation sites (tertiary alicyclic amines) is 1. The van der Waals surface area contributed by atoms with Crippen LogP contribution in [0.3, 0.4) is 0 Å². The number of aliphatic hydroxyl groups excluding tert-OH is 1. The maximum atomic E-state index is 12.4. The molecule has 18 heavy (non-hydrogen) atoms. The van der Waals surface area contributed by atoms with Gasteiger partial charge in [-0.2, -0.15) is 0 Å². The van der Waals surface area contributed by atoms with Gasteiger partial charge in [0.2, 0.25) is 5.91 Å². The van der Waals surface area contributed by atoms with Crippen molar-refractivity contribution in [3.8, 4) is 0 Å². The molecular formula is C15H25NO2. The minimum absolute atomic E-state index is 0.172. The Hall–Kier alpha value is -0.570. The SMILES string of the molecule is CC1CC1C(=O)N1CCCC1C1CCCCC1O. The summed E-state index contributed by atoms with van der Waals surface area (Å²) in [5, 5.41) is 10.2. The minimum atomic E-state index is -0.172. The lowest BCUT2D eigenvalue weighted by molar-refractivity contribution is -0.135. The first-order valence-electron chi connectivity index (χ1n) is 7.67. The Labute approximate surface area is 110 Å². The van der Waals surface area contributed by atoms with Crippen LogP contribution in [-0.4, -0.2) is 34.6 Å². The average molecular weight is 251 g/mol. The van der Waals surface area contributed by atoms with E-state index in [1.54, 1.807) is 0 Å². The number of nitrogens with zero attached hydrogens (tertiary/aromatic N) is 1. The number of hydrogen-bond donors (Lipinski definition) is 1. The smallest absolute Gasteiger partial charge is 0.226 e. The summed E-state index contributed by atoms with van der Waals surface area (Å²) in [5.41, 5.74) is 0. The highest BCUT2D eigenvalue weighted by atomic mass is 16.3. The van der Waals surface area contributed by atoms with Gasteiger partial charge in [-0.25, -0.2) is 0 Å².